The van der Waals surface area contributed by atoms with E-state index in [9.17, 15) is 20.1 Å². The molecule has 0 bridgehead atoms. The highest BCUT2D eigenvalue weighted by molar-refractivity contribution is 6.06. The Balaban J connectivity index is 2.11. The molecule has 0 aromatic rings. The van der Waals surface area contributed by atoms with Crippen LogP contribution < -0.4 is 0 Å². The molecule has 30 heavy (non-hydrogen) atoms. The number of hydrogen-bond acceptors (Lipinski definition) is 8. The van der Waals surface area contributed by atoms with Crippen LogP contribution in [0.3, 0.4) is 0 Å². The molecule has 0 aliphatic carbocycles. The summed E-state index contributed by atoms with van der Waals surface area (Å²) in [5.41, 5.74) is -0.319. The third-order valence-electron chi connectivity index (χ3n) is 4.71. The van der Waals surface area contributed by atoms with Gasteiger partial charge in [-0.15, -0.1) is 0 Å². The molecule has 162 valence electrons. The first kappa shape index (κ1) is 23.5. The Kier molecular flexibility index (Phi) is 7.02. The van der Waals surface area contributed by atoms with Gasteiger partial charge in [0.15, 0.2) is 11.8 Å². The molecule has 0 saturated carbocycles. The van der Waals surface area contributed by atoms with Crippen LogP contribution in [0.4, 0.5) is 0 Å². The summed E-state index contributed by atoms with van der Waals surface area (Å²) < 4.78 is 10.7. The van der Waals surface area contributed by atoms with Crippen LogP contribution in [-0.2, 0) is 19.1 Å². The van der Waals surface area contributed by atoms with Gasteiger partial charge in [0.1, 0.15) is 11.2 Å². The van der Waals surface area contributed by atoms with E-state index in [-0.39, 0.29) is 12.1 Å². The molecule has 0 saturated heterocycles. The van der Waals surface area contributed by atoms with Gasteiger partial charge >= 0.3 is 11.9 Å². The van der Waals surface area contributed by atoms with Crippen molar-refractivity contribution in [3.8, 4) is 12.1 Å². The smallest absolute Gasteiger partial charge is 0.329 e. The van der Waals surface area contributed by atoms with Crippen LogP contribution in [0, 0.1) is 34.5 Å². The van der Waals surface area contributed by atoms with E-state index in [0.717, 1.165) is 0 Å². The number of hydrogen-bond donors (Lipinski definition) is 0. The third-order valence-corrected chi connectivity index (χ3v) is 4.71. The predicted octanol–water partition coefficient (Wildman–Crippen LogP) is 3.16. The van der Waals surface area contributed by atoms with E-state index in [2.05, 4.69) is 9.98 Å². The van der Waals surface area contributed by atoms with E-state index >= 15 is 0 Å². The van der Waals surface area contributed by atoms with Gasteiger partial charge < -0.3 is 9.47 Å². The zero-order chi connectivity index (χ0) is 22.7. The van der Waals surface area contributed by atoms with Crippen molar-refractivity contribution < 1.29 is 19.1 Å². The Bertz CT molecular complexity index is 763. The number of ether oxygens (including phenoxy) is 2. The first-order valence-electron chi connectivity index (χ1n) is 10.2. The van der Waals surface area contributed by atoms with E-state index in [0.29, 0.717) is 37.1 Å². The molecule has 1 unspecified atom stereocenters. The van der Waals surface area contributed by atoms with Crippen LogP contribution >= 0.6 is 0 Å². The summed E-state index contributed by atoms with van der Waals surface area (Å²) in [6, 6.07) is 3.66. The summed E-state index contributed by atoms with van der Waals surface area (Å²) in [5.74, 6) is -3.22. The molecule has 0 radical (unpaired) electrons. The number of esters is 2. The molecule has 2 heterocycles. The van der Waals surface area contributed by atoms with Gasteiger partial charge in [-0.25, -0.2) is 0 Å². The van der Waals surface area contributed by atoms with Crippen molar-refractivity contribution in [3.63, 3.8) is 0 Å². The van der Waals surface area contributed by atoms with E-state index in [4.69, 9.17) is 9.47 Å². The second kappa shape index (κ2) is 8.95. The van der Waals surface area contributed by atoms with Crippen molar-refractivity contribution in [3.05, 3.63) is 0 Å². The van der Waals surface area contributed by atoms with Crippen molar-refractivity contribution in [1.82, 2.24) is 0 Å². The van der Waals surface area contributed by atoms with Gasteiger partial charge in [-0.2, -0.15) is 10.5 Å². The lowest BCUT2D eigenvalue weighted by atomic mass is 9.99. The van der Waals surface area contributed by atoms with Gasteiger partial charge in [-0.05, 0) is 67.2 Å². The molecule has 2 rings (SSSR count). The lowest BCUT2D eigenvalue weighted by molar-refractivity contribution is -0.156. The predicted molar refractivity (Wildman–Crippen MR) is 111 cm³/mol. The molecule has 0 spiro atoms. The Morgan fingerprint density at radius 1 is 0.833 bits per heavy atom. The topological polar surface area (TPSA) is 125 Å². The third kappa shape index (κ3) is 6.13. The Morgan fingerprint density at radius 2 is 1.17 bits per heavy atom. The van der Waals surface area contributed by atoms with E-state index < -0.39 is 35.0 Å². The van der Waals surface area contributed by atoms with Crippen LogP contribution in [0.5, 0.6) is 0 Å². The molecule has 8 heteroatoms. The fourth-order valence-electron chi connectivity index (χ4n) is 3.52. The maximum Gasteiger partial charge on any atom is 0.329 e. The van der Waals surface area contributed by atoms with Crippen LogP contribution in [0.1, 0.15) is 67.2 Å². The summed E-state index contributed by atoms with van der Waals surface area (Å²) >= 11 is 0. The highest BCUT2D eigenvalue weighted by Gasteiger charge is 2.38. The molecule has 0 fully saturated rings. The molecule has 0 aromatic carbocycles. The molecule has 4 atom stereocenters. The van der Waals surface area contributed by atoms with Crippen molar-refractivity contribution in [2.24, 2.45) is 21.8 Å². The van der Waals surface area contributed by atoms with Crippen LogP contribution in [0.25, 0.3) is 0 Å². The average Bonchev–Trinajstić information content (AvgIpc) is 3.22. The maximum absolute atomic E-state index is 12.3. The number of carbonyl (C=O) groups is 2. The Morgan fingerprint density at radius 3 is 1.43 bits per heavy atom. The first-order valence-corrected chi connectivity index (χ1v) is 10.2. The summed E-state index contributed by atoms with van der Waals surface area (Å²) in [6.07, 6.45) is 2.39. The largest absolute Gasteiger partial charge is 0.459 e. The maximum atomic E-state index is 12.3. The lowest BCUT2D eigenvalue weighted by Crippen LogP contribution is -2.31. The van der Waals surface area contributed by atoms with E-state index in [1.807, 2.05) is 12.1 Å². The molecule has 0 N–H and O–H groups in total. The number of carbonyl (C=O) groups excluding carboxylic acids is 2. The second-order valence-corrected chi connectivity index (χ2v) is 9.64. The minimum atomic E-state index is -1.02. The highest BCUT2D eigenvalue weighted by atomic mass is 16.6. The molecule has 8 nitrogen and oxygen atoms in total. The summed E-state index contributed by atoms with van der Waals surface area (Å²) in [7, 11) is 0. The van der Waals surface area contributed by atoms with Crippen molar-refractivity contribution in [1.29, 1.82) is 10.5 Å². The number of aliphatic imine (C=N–C) groups is 2. The SMILES string of the molecule is CC(C)(C)OC(=O)C(C#N)C1=N[C@@H]([C@@H]2CCC([C@H](C#N)C(=O)OC(C)(C)C)=N2)CC1. The van der Waals surface area contributed by atoms with Crippen LogP contribution in [0.15, 0.2) is 9.98 Å². The van der Waals surface area contributed by atoms with E-state index in [1.165, 1.54) is 0 Å². The van der Waals surface area contributed by atoms with Gasteiger partial charge in [-0.1, -0.05) is 0 Å². The number of nitriles is 2. The molecule has 2 aliphatic heterocycles. The van der Waals surface area contributed by atoms with Crippen molar-refractivity contribution in [2.45, 2.75) is 90.5 Å². The second-order valence-electron chi connectivity index (χ2n) is 9.64. The number of nitrogens with zero attached hydrogens (tertiary/aromatic N) is 4. The summed E-state index contributed by atoms with van der Waals surface area (Å²) in [4.78, 5) is 33.9. The minimum absolute atomic E-state index is 0.172. The normalized spacial score (nSPS) is 23.5. The van der Waals surface area contributed by atoms with Gasteiger partial charge in [-0.3, -0.25) is 19.6 Å². The van der Waals surface area contributed by atoms with Gasteiger partial charge in [0.25, 0.3) is 0 Å². The van der Waals surface area contributed by atoms with Crippen LogP contribution in [0.2, 0.25) is 0 Å². The Labute approximate surface area is 178 Å². The minimum Gasteiger partial charge on any atom is -0.459 e. The summed E-state index contributed by atoms with van der Waals surface area (Å²) in [5, 5.41) is 18.9. The fraction of sp³-hybridized carbons (Fsp3) is 0.727. The molecule has 0 aromatic heterocycles. The van der Waals surface area contributed by atoms with E-state index in [1.54, 1.807) is 41.5 Å². The highest BCUT2D eigenvalue weighted by Crippen LogP contribution is 2.30. The monoisotopic (exact) mass is 414 g/mol. The standard InChI is InChI=1S/C22H30N4O4/c1-21(2,3)29-19(27)13(11-23)15-7-9-17(25-15)18-10-8-16(26-18)14(12-24)20(28)30-22(4,5)6/h13-14,17-18H,7-10H2,1-6H3/t13-,14?,17-,18+/m0/s1. The quantitative estimate of drug-likeness (QED) is 0.636. The van der Waals surface area contributed by atoms with Crippen LogP contribution in [-0.4, -0.2) is 46.6 Å². The lowest BCUT2D eigenvalue weighted by Gasteiger charge is -2.21. The fourth-order valence-corrected chi connectivity index (χ4v) is 3.52. The molecule has 0 amide bonds. The molecular formula is C22H30N4O4. The summed E-state index contributed by atoms with van der Waals surface area (Å²) in [6.45, 7) is 10.5. The van der Waals surface area contributed by atoms with Gasteiger partial charge in [0.05, 0.1) is 24.2 Å². The zero-order valence-corrected chi connectivity index (χ0v) is 18.6. The average molecular weight is 415 g/mol. The zero-order valence-electron chi connectivity index (χ0n) is 18.6. The van der Waals surface area contributed by atoms with Gasteiger partial charge in [0.2, 0.25) is 0 Å². The Hall–Kier alpha value is -2.74. The van der Waals surface area contributed by atoms with Crippen molar-refractivity contribution >= 4 is 23.4 Å². The molecular weight excluding hydrogens is 384 g/mol. The first-order chi connectivity index (χ1) is 13.8. The molecule has 2 aliphatic rings. The van der Waals surface area contributed by atoms with Gasteiger partial charge in [0, 0.05) is 11.4 Å². The number of rotatable bonds is 5. The van der Waals surface area contributed by atoms with Crippen molar-refractivity contribution in [2.75, 3.05) is 0 Å².